The van der Waals surface area contributed by atoms with Gasteiger partial charge in [0.15, 0.2) is 0 Å². The van der Waals surface area contributed by atoms with Crippen LogP contribution in [0.4, 0.5) is 8.78 Å². The van der Waals surface area contributed by atoms with Gasteiger partial charge in [-0.25, -0.2) is 13.8 Å². The standard InChI is InChI=1S/C29H31ClF2N4O3/c30-21-6-9-24-20(15-21)16-23(39-28(37)19-10-12-29(31,32)13-11-19)17-25-34-35-27(36(24)25)18-4-7-22(8-5-18)38-26-3-1-2-14-33-26/h1-3,6,9,14-15,18-19,22-23H,4-5,7-8,10-13,16-17H2. The van der Waals surface area contributed by atoms with Crippen molar-refractivity contribution in [2.75, 3.05) is 0 Å². The van der Waals surface area contributed by atoms with E-state index in [0.29, 0.717) is 23.7 Å². The minimum absolute atomic E-state index is 0.109. The van der Waals surface area contributed by atoms with Crippen LogP contribution in [0.3, 0.4) is 0 Å². The number of rotatable bonds is 5. The minimum atomic E-state index is -2.69. The summed E-state index contributed by atoms with van der Waals surface area (Å²) in [5.74, 6) is -1.11. The van der Waals surface area contributed by atoms with Crippen LogP contribution in [0.15, 0.2) is 42.6 Å². The highest BCUT2D eigenvalue weighted by Gasteiger charge is 2.39. The van der Waals surface area contributed by atoms with Crippen LogP contribution in [0.25, 0.3) is 5.69 Å². The number of ether oxygens (including phenoxy) is 2. The molecule has 2 saturated carbocycles. The molecule has 1 aromatic carbocycles. The molecule has 1 unspecified atom stereocenters. The Morgan fingerprint density at radius 2 is 1.77 bits per heavy atom. The Labute approximate surface area is 230 Å². The lowest BCUT2D eigenvalue weighted by Gasteiger charge is -2.28. The molecule has 0 N–H and O–H groups in total. The lowest BCUT2D eigenvalue weighted by molar-refractivity contribution is -0.158. The van der Waals surface area contributed by atoms with Gasteiger partial charge in [0.25, 0.3) is 0 Å². The SMILES string of the molecule is O=C(OC1Cc2cc(Cl)ccc2-n2c(nnc2C2CCC(Oc3ccccn3)CC2)C1)C1CCC(F)(F)CC1. The smallest absolute Gasteiger partial charge is 0.309 e. The van der Waals surface area contributed by atoms with Crippen molar-refractivity contribution in [3.8, 4) is 11.6 Å². The van der Waals surface area contributed by atoms with Gasteiger partial charge in [-0.15, -0.1) is 10.2 Å². The summed E-state index contributed by atoms with van der Waals surface area (Å²) in [5, 5.41) is 9.75. The molecule has 39 heavy (non-hydrogen) atoms. The molecule has 0 saturated heterocycles. The van der Waals surface area contributed by atoms with Gasteiger partial charge in [0.05, 0.1) is 11.6 Å². The molecule has 3 aliphatic rings. The molecular weight excluding hydrogens is 526 g/mol. The predicted molar refractivity (Wildman–Crippen MR) is 140 cm³/mol. The molecule has 1 aliphatic heterocycles. The lowest BCUT2D eigenvalue weighted by atomic mass is 9.86. The van der Waals surface area contributed by atoms with E-state index in [-0.39, 0.29) is 37.7 Å². The number of hydrogen-bond acceptors (Lipinski definition) is 6. The highest BCUT2D eigenvalue weighted by Crippen LogP contribution is 2.39. The first-order valence-corrected chi connectivity index (χ1v) is 14.1. The summed E-state index contributed by atoms with van der Waals surface area (Å²) in [7, 11) is 0. The van der Waals surface area contributed by atoms with Crippen LogP contribution in [-0.2, 0) is 22.4 Å². The Morgan fingerprint density at radius 1 is 0.974 bits per heavy atom. The van der Waals surface area contributed by atoms with Crippen LogP contribution in [0, 0.1) is 5.92 Å². The van der Waals surface area contributed by atoms with Crippen LogP contribution in [0.2, 0.25) is 5.02 Å². The van der Waals surface area contributed by atoms with Crippen LogP contribution < -0.4 is 4.74 Å². The Kier molecular flexibility index (Phi) is 7.27. The van der Waals surface area contributed by atoms with Crippen LogP contribution >= 0.6 is 11.6 Å². The third-order valence-corrected chi connectivity index (χ3v) is 8.43. The summed E-state index contributed by atoms with van der Waals surface area (Å²) in [5.41, 5.74) is 1.89. The Morgan fingerprint density at radius 3 is 2.51 bits per heavy atom. The van der Waals surface area contributed by atoms with Crippen molar-refractivity contribution < 1.29 is 23.0 Å². The fourth-order valence-corrected chi connectivity index (χ4v) is 6.29. The largest absolute Gasteiger partial charge is 0.474 e. The minimum Gasteiger partial charge on any atom is -0.474 e. The van der Waals surface area contributed by atoms with Gasteiger partial charge in [-0.2, -0.15) is 0 Å². The Bertz CT molecular complexity index is 1320. The second kappa shape index (κ2) is 10.8. The number of alkyl halides is 2. The van der Waals surface area contributed by atoms with Crippen molar-refractivity contribution in [1.82, 2.24) is 19.7 Å². The highest BCUT2D eigenvalue weighted by atomic mass is 35.5. The number of carbonyl (C=O) groups is 1. The van der Waals surface area contributed by atoms with Gasteiger partial charge in [-0.1, -0.05) is 17.7 Å². The monoisotopic (exact) mass is 556 g/mol. The zero-order chi connectivity index (χ0) is 27.0. The Balaban J connectivity index is 1.19. The third-order valence-electron chi connectivity index (χ3n) is 8.19. The molecule has 0 radical (unpaired) electrons. The molecule has 7 nitrogen and oxygen atoms in total. The van der Waals surface area contributed by atoms with Crippen LogP contribution in [-0.4, -0.2) is 43.8 Å². The number of nitrogens with zero attached hydrogens (tertiary/aromatic N) is 4. The topological polar surface area (TPSA) is 79.1 Å². The van der Waals surface area contributed by atoms with Gasteiger partial charge in [-0.05, 0) is 68.4 Å². The summed E-state index contributed by atoms with van der Waals surface area (Å²) in [6.07, 6.45) is 5.56. The summed E-state index contributed by atoms with van der Waals surface area (Å²) in [6.45, 7) is 0. The normalized spacial score (nSPS) is 24.7. The lowest BCUT2D eigenvalue weighted by Crippen LogP contribution is -2.32. The number of pyridine rings is 1. The van der Waals surface area contributed by atoms with Crippen LogP contribution in [0.5, 0.6) is 5.88 Å². The number of hydrogen-bond donors (Lipinski definition) is 0. The molecule has 0 amide bonds. The fraction of sp³-hybridized carbons (Fsp3) is 0.517. The number of aromatic nitrogens is 4. The molecule has 1 atom stereocenters. The first kappa shape index (κ1) is 26.2. The van der Waals surface area contributed by atoms with Gasteiger partial charge >= 0.3 is 5.97 Å². The zero-order valence-electron chi connectivity index (χ0n) is 21.6. The van der Waals surface area contributed by atoms with E-state index in [1.807, 2.05) is 36.4 Å². The highest BCUT2D eigenvalue weighted by molar-refractivity contribution is 6.30. The maximum atomic E-state index is 13.6. The number of carbonyl (C=O) groups excluding carboxylic acids is 1. The molecular formula is C29H31ClF2N4O3. The first-order valence-electron chi connectivity index (χ1n) is 13.7. The molecule has 6 rings (SSSR count). The van der Waals surface area contributed by atoms with Gasteiger partial charge < -0.3 is 9.47 Å². The third kappa shape index (κ3) is 5.78. The first-order chi connectivity index (χ1) is 18.8. The molecule has 3 aromatic rings. The molecule has 0 spiro atoms. The van der Waals surface area contributed by atoms with Crippen molar-refractivity contribution in [2.45, 2.75) is 88.3 Å². The van der Waals surface area contributed by atoms with Gasteiger partial charge in [-0.3, -0.25) is 9.36 Å². The molecule has 0 bridgehead atoms. The molecule has 2 aromatic heterocycles. The van der Waals surface area contributed by atoms with Crippen LogP contribution in [0.1, 0.15) is 74.5 Å². The number of fused-ring (bicyclic) bond motifs is 3. The predicted octanol–water partition coefficient (Wildman–Crippen LogP) is 6.26. The molecule has 3 heterocycles. The second-order valence-electron chi connectivity index (χ2n) is 10.9. The van der Waals surface area contributed by atoms with Gasteiger partial charge in [0.2, 0.25) is 11.8 Å². The molecule has 10 heteroatoms. The average Bonchev–Trinajstić information content (AvgIpc) is 3.26. The van der Waals surface area contributed by atoms with Crippen molar-refractivity contribution >= 4 is 17.6 Å². The van der Waals surface area contributed by atoms with Gasteiger partial charge in [0, 0.05) is 48.9 Å². The number of halogens is 3. The van der Waals surface area contributed by atoms with E-state index in [2.05, 4.69) is 19.7 Å². The number of esters is 1. The molecule has 2 fully saturated rings. The summed E-state index contributed by atoms with van der Waals surface area (Å²) < 4.78 is 41.3. The maximum absolute atomic E-state index is 13.6. The zero-order valence-corrected chi connectivity index (χ0v) is 22.3. The van der Waals surface area contributed by atoms with E-state index >= 15 is 0 Å². The van der Waals surface area contributed by atoms with E-state index in [1.54, 1.807) is 6.20 Å². The van der Waals surface area contributed by atoms with Crippen molar-refractivity contribution in [2.24, 2.45) is 5.92 Å². The van der Waals surface area contributed by atoms with E-state index in [4.69, 9.17) is 21.1 Å². The maximum Gasteiger partial charge on any atom is 0.309 e. The summed E-state index contributed by atoms with van der Waals surface area (Å²) >= 11 is 6.37. The second-order valence-corrected chi connectivity index (χ2v) is 11.4. The van der Waals surface area contributed by atoms with Crippen molar-refractivity contribution in [3.05, 3.63) is 64.8 Å². The van der Waals surface area contributed by atoms with E-state index < -0.39 is 23.9 Å². The summed E-state index contributed by atoms with van der Waals surface area (Å²) in [4.78, 5) is 17.2. The van der Waals surface area contributed by atoms with Crippen molar-refractivity contribution in [1.29, 1.82) is 0 Å². The average molecular weight is 557 g/mol. The fourth-order valence-electron chi connectivity index (χ4n) is 6.09. The quantitative estimate of drug-likeness (QED) is 0.345. The Hall–Kier alpha value is -3.07. The molecule has 2 aliphatic carbocycles. The van der Waals surface area contributed by atoms with E-state index in [0.717, 1.165) is 48.6 Å². The van der Waals surface area contributed by atoms with E-state index in [9.17, 15) is 13.6 Å². The molecule has 206 valence electrons. The number of benzene rings is 1. The van der Waals surface area contributed by atoms with E-state index in [1.165, 1.54) is 0 Å². The van der Waals surface area contributed by atoms with Crippen molar-refractivity contribution in [3.63, 3.8) is 0 Å². The summed E-state index contributed by atoms with van der Waals surface area (Å²) in [6, 6.07) is 11.4. The van der Waals surface area contributed by atoms with Gasteiger partial charge in [0.1, 0.15) is 23.9 Å².